The standard InChI is InChI=1S/C18H21N3O2/c1-3-20-14-9-12-11-7-5-6-8-16(22)17(11)19-13(12)10-15(14)21(4-2)18(20)23/h9-10,19H,3-8H2,1-2H3. The fourth-order valence-corrected chi connectivity index (χ4v) is 3.88. The first-order valence-corrected chi connectivity index (χ1v) is 8.46. The molecule has 2 aromatic heterocycles. The fraction of sp³-hybridized carbons (Fsp3) is 0.444. The number of hydrogen-bond donors (Lipinski definition) is 1. The van der Waals surface area contributed by atoms with Gasteiger partial charge in [-0.05, 0) is 50.8 Å². The lowest BCUT2D eigenvalue weighted by Gasteiger charge is -2.01. The van der Waals surface area contributed by atoms with Gasteiger partial charge in [-0.3, -0.25) is 13.9 Å². The normalized spacial score (nSPS) is 15.3. The van der Waals surface area contributed by atoms with Gasteiger partial charge in [0.1, 0.15) is 0 Å². The van der Waals surface area contributed by atoms with Gasteiger partial charge in [0.2, 0.25) is 0 Å². The molecule has 5 nitrogen and oxygen atoms in total. The van der Waals surface area contributed by atoms with Crippen LogP contribution in [-0.4, -0.2) is 19.9 Å². The SMILES string of the molecule is CCn1c(=O)n(CC)c2cc3c4c([nH]c3cc21)C(=O)CCCC4. The first-order chi connectivity index (χ1) is 11.2. The summed E-state index contributed by atoms with van der Waals surface area (Å²) in [6, 6.07) is 4.12. The average Bonchev–Trinajstić information content (AvgIpc) is 2.96. The molecule has 0 bridgehead atoms. The molecule has 4 rings (SSSR count). The molecular weight excluding hydrogens is 290 g/mol. The summed E-state index contributed by atoms with van der Waals surface area (Å²) in [4.78, 5) is 28.1. The van der Waals surface area contributed by atoms with Gasteiger partial charge in [-0.25, -0.2) is 4.79 Å². The molecule has 0 saturated heterocycles. The molecule has 0 spiro atoms. The van der Waals surface area contributed by atoms with Crippen LogP contribution in [0, 0.1) is 0 Å². The third-order valence-electron chi connectivity index (χ3n) is 5.04. The van der Waals surface area contributed by atoms with Crippen LogP contribution in [0.4, 0.5) is 0 Å². The number of ketones is 1. The number of fused-ring (bicyclic) bond motifs is 4. The Morgan fingerprint density at radius 3 is 2.35 bits per heavy atom. The van der Waals surface area contributed by atoms with Gasteiger partial charge in [-0.15, -0.1) is 0 Å². The summed E-state index contributed by atoms with van der Waals surface area (Å²) in [7, 11) is 0. The summed E-state index contributed by atoms with van der Waals surface area (Å²) in [6.07, 6.45) is 3.55. The van der Waals surface area contributed by atoms with Crippen LogP contribution in [0.25, 0.3) is 21.9 Å². The van der Waals surface area contributed by atoms with Gasteiger partial charge < -0.3 is 4.98 Å². The Balaban J connectivity index is 2.10. The maximum atomic E-state index is 12.5. The Morgan fingerprint density at radius 1 is 1.00 bits per heavy atom. The van der Waals surface area contributed by atoms with Crippen molar-refractivity contribution in [3.05, 3.63) is 33.9 Å². The van der Waals surface area contributed by atoms with Crippen LogP contribution in [0.5, 0.6) is 0 Å². The molecule has 0 saturated carbocycles. The second-order valence-electron chi connectivity index (χ2n) is 6.27. The molecule has 0 atom stereocenters. The molecule has 2 heterocycles. The van der Waals surface area contributed by atoms with Crippen molar-refractivity contribution in [2.45, 2.75) is 52.6 Å². The van der Waals surface area contributed by atoms with Crippen LogP contribution >= 0.6 is 0 Å². The number of hydrogen-bond acceptors (Lipinski definition) is 2. The Morgan fingerprint density at radius 2 is 1.65 bits per heavy atom. The van der Waals surface area contributed by atoms with Gasteiger partial charge in [0.25, 0.3) is 0 Å². The minimum absolute atomic E-state index is 0.0415. The quantitative estimate of drug-likeness (QED) is 0.739. The molecular formula is C18H21N3O2. The smallest absolute Gasteiger partial charge is 0.329 e. The van der Waals surface area contributed by atoms with Gasteiger partial charge in [0.05, 0.1) is 16.7 Å². The minimum Gasteiger partial charge on any atom is -0.352 e. The molecule has 1 aliphatic carbocycles. The Bertz CT molecular complexity index is 987. The highest BCUT2D eigenvalue weighted by molar-refractivity contribution is 6.05. The number of benzene rings is 1. The van der Waals surface area contributed by atoms with Gasteiger partial charge in [-0.2, -0.15) is 0 Å². The number of H-pyrrole nitrogens is 1. The van der Waals surface area contributed by atoms with Gasteiger partial charge in [0, 0.05) is 30.4 Å². The van der Waals surface area contributed by atoms with Crippen LogP contribution in [0.15, 0.2) is 16.9 Å². The monoisotopic (exact) mass is 311 g/mol. The van der Waals surface area contributed by atoms with E-state index in [1.54, 1.807) is 4.57 Å². The number of carbonyl (C=O) groups is 1. The molecule has 0 amide bonds. The zero-order chi connectivity index (χ0) is 16.1. The predicted octanol–water partition coefficient (Wildman–Crippen LogP) is 3.23. The molecule has 1 aromatic carbocycles. The maximum absolute atomic E-state index is 12.5. The van der Waals surface area contributed by atoms with Crippen molar-refractivity contribution in [3.63, 3.8) is 0 Å². The van der Waals surface area contributed by atoms with Crippen LogP contribution in [-0.2, 0) is 19.5 Å². The van der Waals surface area contributed by atoms with E-state index in [1.165, 1.54) is 0 Å². The zero-order valence-corrected chi connectivity index (χ0v) is 13.6. The van der Waals surface area contributed by atoms with Crippen molar-refractivity contribution < 1.29 is 4.79 Å². The van der Waals surface area contributed by atoms with Crippen LogP contribution in [0.1, 0.15) is 49.2 Å². The number of imidazole rings is 1. The number of nitrogens with one attached hydrogen (secondary N) is 1. The third kappa shape index (κ3) is 1.92. The molecule has 0 aliphatic heterocycles. The van der Waals surface area contributed by atoms with Crippen molar-refractivity contribution in [1.82, 2.24) is 14.1 Å². The van der Waals surface area contributed by atoms with Crippen LogP contribution < -0.4 is 5.69 Å². The number of nitrogens with zero attached hydrogens (tertiary/aromatic N) is 2. The summed E-state index contributed by atoms with van der Waals surface area (Å²) in [5.74, 6) is 0.213. The number of carbonyl (C=O) groups excluding carboxylic acids is 1. The Labute approximate surface area is 133 Å². The van der Waals surface area contributed by atoms with E-state index in [4.69, 9.17) is 0 Å². The highest BCUT2D eigenvalue weighted by atomic mass is 16.1. The van der Waals surface area contributed by atoms with Crippen molar-refractivity contribution in [2.24, 2.45) is 0 Å². The minimum atomic E-state index is 0.0415. The first kappa shape index (κ1) is 14.3. The molecule has 120 valence electrons. The lowest BCUT2D eigenvalue weighted by Crippen LogP contribution is -2.23. The summed E-state index contributed by atoms with van der Waals surface area (Å²) >= 11 is 0. The summed E-state index contributed by atoms with van der Waals surface area (Å²) in [6.45, 7) is 5.28. The number of aromatic amines is 1. The molecule has 1 N–H and O–H groups in total. The van der Waals surface area contributed by atoms with Crippen molar-refractivity contribution in [3.8, 4) is 0 Å². The second kappa shape index (κ2) is 5.11. The summed E-state index contributed by atoms with van der Waals surface area (Å²) in [5, 5.41) is 1.10. The molecule has 3 aromatic rings. The molecule has 0 radical (unpaired) electrons. The van der Waals surface area contributed by atoms with E-state index in [0.29, 0.717) is 19.5 Å². The molecule has 0 fully saturated rings. The summed E-state index contributed by atoms with van der Waals surface area (Å²) < 4.78 is 3.61. The topological polar surface area (TPSA) is 59.8 Å². The molecule has 5 heteroatoms. The van der Waals surface area contributed by atoms with Gasteiger partial charge in [0.15, 0.2) is 5.78 Å². The number of Topliss-reactive ketones (excluding diaryl/α,β-unsaturated/α-hetero) is 1. The number of aryl methyl sites for hydroxylation is 3. The second-order valence-corrected chi connectivity index (χ2v) is 6.27. The van der Waals surface area contributed by atoms with E-state index >= 15 is 0 Å². The Hall–Kier alpha value is -2.30. The molecule has 1 aliphatic rings. The molecule has 0 unspecified atom stereocenters. The Kier molecular flexibility index (Phi) is 3.18. The molecule has 23 heavy (non-hydrogen) atoms. The van der Waals surface area contributed by atoms with Gasteiger partial charge in [-0.1, -0.05) is 0 Å². The summed E-state index contributed by atoms with van der Waals surface area (Å²) in [5.41, 5.74) is 4.82. The van der Waals surface area contributed by atoms with E-state index in [0.717, 1.165) is 52.5 Å². The van der Waals surface area contributed by atoms with E-state index in [2.05, 4.69) is 11.1 Å². The van der Waals surface area contributed by atoms with E-state index in [9.17, 15) is 9.59 Å². The van der Waals surface area contributed by atoms with Crippen molar-refractivity contribution in [1.29, 1.82) is 0 Å². The number of aromatic nitrogens is 3. The maximum Gasteiger partial charge on any atom is 0.329 e. The van der Waals surface area contributed by atoms with Gasteiger partial charge >= 0.3 is 5.69 Å². The van der Waals surface area contributed by atoms with E-state index in [1.807, 2.05) is 24.5 Å². The predicted molar refractivity (Wildman–Crippen MR) is 91.3 cm³/mol. The average molecular weight is 311 g/mol. The first-order valence-electron chi connectivity index (χ1n) is 8.46. The van der Waals surface area contributed by atoms with Crippen molar-refractivity contribution >= 4 is 27.7 Å². The van der Waals surface area contributed by atoms with Crippen LogP contribution in [0.2, 0.25) is 0 Å². The zero-order valence-electron chi connectivity index (χ0n) is 13.6. The van der Waals surface area contributed by atoms with E-state index < -0.39 is 0 Å². The highest BCUT2D eigenvalue weighted by Gasteiger charge is 2.22. The largest absolute Gasteiger partial charge is 0.352 e. The number of rotatable bonds is 2. The third-order valence-corrected chi connectivity index (χ3v) is 5.04. The van der Waals surface area contributed by atoms with Crippen LogP contribution in [0.3, 0.4) is 0 Å². The van der Waals surface area contributed by atoms with Crippen molar-refractivity contribution in [2.75, 3.05) is 0 Å². The highest BCUT2D eigenvalue weighted by Crippen LogP contribution is 2.31. The lowest BCUT2D eigenvalue weighted by molar-refractivity contribution is 0.0978. The van der Waals surface area contributed by atoms with E-state index in [-0.39, 0.29) is 11.5 Å². The lowest BCUT2D eigenvalue weighted by atomic mass is 10.1. The fourth-order valence-electron chi connectivity index (χ4n) is 3.88.